The van der Waals surface area contributed by atoms with Crippen LogP contribution in [0.5, 0.6) is 11.5 Å². The number of nitrogens with zero attached hydrogens (tertiary/aromatic N) is 4. The number of hydrogen-bond acceptors (Lipinski definition) is 9. The fourth-order valence-electron chi connectivity index (χ4n) is 6.91. The molecule has 3 aromatic heterocycles. The van der Waals surface area contributed by atoms with Crippen molar-refractivity contribution in [2.75, 3.05) is 26.3 Å². The van der Waals surface area contributed by atoms with Crippen LogP contribution in [0.2, 0.25) is 0 Å². The smallest absolute Gasteiger partial charge is 0.193 e. The molecule has 0 unspecified atom stereocenters. The summed E-state index contributed by atoms with van der Waals surface area (Å²) in [6, 6.07) is 41.7. The molecule has 0 saturated heterocycles. The molecule has 292 valence electrons. The van der Waals surface area contributed by atoms with Gasteiger partial charge in [0.2, 0.25) is 0 Å². The zero-order valence-corrected chi connectivity index (χ0v) is 32.4. The summed E-state index contributed by atoms with van der Waals surface area (Å²) in [5.41, 5.74) is 5.80. The highest BCUT2D eigenvalue weighted by atomic mass is 16.5. The standard InChI is InChI=1S/C48H44N4O6/c1-34-15-22-45-42(28-34)44(54)31-47(57-45)37-16-18-39(19-17-37)55-26-9-8-14-38-33-52(50-49-38)24-23-51(32-35-10-4-2-5-11-35)25-27-56-40-20-21-41-43(53)30-46(58-48(41)29-40)36-12-6-3-7-13-36/h2-7,10-13,15-22,28-31,33H,8-9,14,23-27,32H2,1H3. The topological polar surface area (TPSA) is 113 Å². The molecule has 0 aliphatic carbocycles. The number of ether oxygens (including phenoxy) is 2. The average molecular weight is 773 g/mol. The Morgan fingerprint density at radius 1 is 0.638 bits per heavy atom. The zero-order chi connectivity index (χ0) is 39.7. The van der Waals surface area contributed by atoms with Crippen LogP contribution in [0, 0.1) is 6.92 Å². The molecule has 10 heteroatoms. The molecular weight excluding hydrogens is 729 g/mol. The first-order valence-corrected chi connectivity index (χ1v) is 19.6. The van der Waals surface area contributed by atoms with Crippen molar-refractivity contribution in [1.29, 1.82) is 0 Å². The quantitative estimate of drug-likeness (QED) is 0.0837. The van der Waals surface area contributed by atoms with Crippen molar-refractivity contribution in [3.8, 4) is 34.1 Å². The molecule has 3 heterocycles. The van der Waals surface area contributed by atoms with E-state index >= 15 is 0 Å². The van der Waals surface area contributed by atoms with Gasteiger partial charge in [0.05, 0.1) is 29.6 Å². The van der Waals surface area contributed by atoms with Gasteiger partial charge < -0.3 is 18.3 Å². The number of rotatable bonds is 17. The van der Waals surface area contributed by atoms with Gasteiger partial charge in [-0.1, -0.05) is 77.5 Å². The monoisotopic (exact) mass is 772 g/mol. The van der Waals surface area contributed by atoms with Gasteiger partial charge in [-0.25, -0.2) is 0 Å². The maximum Gasteiger partial charge on any atom is 0.193 e. The summed E-state index contributed by atoms with van der Waals surface area (Å²) in [5.74, 6) is 2.47. The van der Waals surface area contributed by atoms with Gasteiger partial charge in [0.15, 0.2) is 10.9 Å². The molecule has 0 fully saturated rings. The first kappa shape index (κ1) is 38.1. The highest BCUT2D eigenvalue weighted by Gasteiger charge is 2.12. The predicted molar refractivity (Wildman–Crippen MR) is 226 cm³/mol. The number of fused-ring (bicyclic) bond motifs is 2. The van der Waals surface area contributed by atoms with E-state index in [1.807, 2.05) is 103 Å². The van der Waals surface area contributed by atoms with Crippen molar-refractivity contribution >= 4 is 21.9 Å². The number of aryl methyl sites for hydroxylation is 2. The van der Waals surface area contributed by atoms with Crippen LogP contribution < -0.4 is 20.3 Å². The van der Waals surface area contributed by atoms with Crippen LogP contribution in [0.4, 0.5) is 0 Å². The largest absolute Gasteiger partial charge is 0.494 e. The summed E-state index contributed by atoms with van der Waals surface area (Å²) >= 11 is 0. The molecule has 8 rings (SSSR count). The summed E-state index contributed by atoms with van der Waals surface area (Å²) in [5, 5.41) is 9.94. The molecule has 0 amide bonds. The first-order chi connectivity index (χ1) is 28.4. The van der Waals surface area contributed by atoms with Crippen LogP contribution in [0.15, 0.2) is 158 Å². The Labute approximate surface area is 335 Å². The van der Waals surface area contributed by atoms with E-state index < -0.39 is 0 Å². The maximum atomic E-state index is 12.8. The van der Waals surface area contributed by atoms with Crippen LogP contribution in [0.1, 0.15) is 29.7 Å². The molecule has 0 N–H and O–H groups in total. The third kappa shape index (κ3) is 9.59. The lowest BCUT2D eigenvalue weighted by Crippen LogP contribution is -2.31. The predicted octanol–water partition coefficient (Wildman–Crippen LogP) is 9.12. The number of unbranched alkanes of at least 4 members (excludes halogenated alkanes) is 1. The van der Waals surface area contributed by atoms with Crippen molar-refractivity contribution in [2.45, 2.75) is 39.3 Å². The molecule has 5 aromatic carbocycles. The van der Waals surface area contributed by atoms with Gasteiger partial charge in [-0.15, -0.1) is 5.10 Å². The van der Waals surface area contributed by atoms with Crippen LogP contribution in [0.25, 0.3) is 44.6 Å². The fraction of sp³-hybridized carbons (Fsp3) is 0.208. The molecule has 0 spiro atoms. The second-order valence-electron chi connectivity index (χ2n) is 14.4. The van der Waals surface area contributed by atoms with Crippen molar-refractivity contribution in [3.05, 3.63) is 177 Å². The summed E-state index contributed by atoms with van der Waals surface area (Å²) in [4.78, 5) is 27.8. The zero-order valence-electron chi connectivity index (χ0n) is 32.4. The molecule has 58 heavy (non-hydrogen) atoms. The van der Waals surface area contributed by atoms with E-state index in [1.54, 1.807) is 18.2 Å². The summed E-state index contributed by atoms with van der Waals surface area (Å²) < 4.78 is 26.2. The minimum atomic E-state index is -0.0868. The minimum Gasteiger partial charge on any atom is -0.494 e. The molecule has 8 aromatic rings. The third-order valence-corrected chi connectivity index (χ3v) is 10.0. The van der Waals surface area contributed by atoms with E-state index in [4.69, 9.17) is 18.3 Å². The molecule has 0 aliphatic heterocycles. The van der Waals surface area contributed by atoms with E-state index in [1.165, 1.54) is 11.6 Å². The Bertz CT molecular complexity index is 2730. The van der Waals surface area contributed by atoms with E-state index in [-0.39, 0.29) is 10.9 Å². The van der Waals surface area contributed by atoms with Gasteiger partial charge in [0, 0.05) is 55.2 Å². The van der Waals surface area contributed by atoms with Crippen molar-refractivity contribution in [2.24, 2.45) is 0 Å². The van der Waals surface area contributed by atoms with Crippen LogP contribution in [-0.2, 0) is 19.5 Å². The summed E-state index contributed by atoms with van der Waals surface area (Å²) in [6.07, 6.45) is 4.62. The SMILES string of the molecule is Cc1ccc2oc(-c3ccc(OCCCCc4cn(CCN(CCOc5ccc6c(=O)cc(-c7ccccc7)oc6c5)Cc5ccccc5)nn4)cc3)cc(=O)c2c1. The van der Waals surface area contributed by atoms with Crippen molar-refractivity contribution < 1.29 is 18.3 Å². The lowest BCUT2D eigenvalue weighted by atomic mass is 10.1. The lowest BCUT2D eigenvalue weighted by Gasteiger charge is -2.22. The van der Waals surface area contributed by atoms with Crippen molar-refractivity contribution in [1.82, 2.24) is 19.9 Å². The van der Waals surface area contributed by atoms with Gasteiger partial charge in [0.25, 0.3) is 0 Å². The fourth-order valence-corrected chi connectivity index (χ4v) is 6.91. The number of benzene rings is 5. The lowest BCUT2D eigenvalue weighted by molar-refractivity contribution is 0.195. The Hall–Kier alpha value is -6.78. The number of hydrogen-bond donors (Lipinski definition) is 0. The van der Waals surface area contributed by atoms with Crippen molar-refractivity contribution in [3.63, 3.8) is 0 Å². The number of aromatic nitrogens is 3. The molecule has 0 aliphatic rings. The Morgan fingerprint density at radius 3 is 2.12 bits per heavy atom. The minimum absolute atomic E-state index is 0.0533. The van der Waals surface area contributed by atoms with Gasteiger partial charge in [-0.3, -0.25) is 19.2 Å². The molecule has 0 bridgehead atoms. The Balaban J connectivity index is 0.805. The van der Waals surface area contributed by atoms with E-state index in [2.05, 4.69) is 39.5 Å². The highest BCUT2D eigenvalue weighted by Crippen LogP contribution is 2.26. The van der Waals surface area contributed by atoms with Crippen LogP contribution >= 0.6 is 0 Å². The molecular formula is C48H44N4O6. The summed E-state index contributed by atoms with van der Waals surface area (Å²) in [7, 11) is 0. The first-order valence-electron chi connectivity index (χ1n) is 19.6. The maximum absolute atomic E-state index is 12.8. The van der Waals surface area contributed by atoms with E-state index in [9.17, 15) is 9.59 Å². The molecule has 10 nitrogen and oxygen atoms in total. The molecule has 0 radical (unpaired) electrons. The third-order valence-electron chi connectivity index (χ3n) is 10.0. The molecule has 0 atom stereocenters. The Kier molecular flexibility index (Phi) is 11.8. The van der Waals surface area contributed by atoms with Crippen LogP contribution in [-0.4, -0.2) is 46.2 Å². The second kappa shape index (κ2) is 18.0. The van der Waals surface area contributed by atoms with Gasteiger partial charge in [0.1, 0.15) is 40.8 Å². The second-order valence-corrected chi connectivity index (χ2v) is 14.4. The normalized spacial score (nSPS) is 11.4. The van der Waals surface area contributed by atoms with E-state index in [0.29, 0.717) is 65.5 Å². The van der Waals surface area contributed by atoms with Crippen LogP contribution in [0.3, 0.4) is 0 Å². The summed E-state index contributed by atoms with van der Waals surface area (Å²) in [6.45, 7) is 5.89. The average Bonchev–Trinajstić information content (AvgIpc) is 3.71. The van der Waals surface area contributed by atoms with Gasteiger partial charge >= 0.3 is 0 Å². The highest BCUT2D eigenvalue weighted by molar-refractivity contribution is 5.80. The van der Waals surface area contributed by atoms with E-state index in [0.717, 1.165) is 60.5 Å². The Morgan fingerprint density at radius 2 is 1.33 bits per heavy atom. The van der Waals surface area contributed by atoms with Gasteiger partial charge in [-0.2, -0.15) is 0 Å². The van der Waals surface area contributed by atoms with Gasteiger partial charge in [-0.05, 0) is 80.3 Å². The molecule has 0 saturated carbocycles.